The van der Waals surface area contributed by atoms with Gasteiger partial charge in [-0.3, -0.25) is 0 Å². The molecular weight excluding hydrogens is 335 g/mol. The van der Waals surface area contributed by atoms with Gasteiger partial charge in [0.15, 0.2) is 0 Å². The Morgan fingerprint density at radius 1 is 0.579 bits per heavy atom. The molecule has 0 nitrogen and oxygen atoms in total. The second-order valence-corrected chi connectivity index (χ2v) is 21.0. The van der Waals surface area contributed by atoms with E-state index in [1.165, 1.54) is 48.9 Å². The molecule has 1 heteroatoms. The van der Waals surface area contributed by atoms with Gasteiger partial charge < -0.3 is 0 Å². The summed E-state index contributed by atoms with van der Waals surface area (Å²) in [6.07, 6.45) is 13.3. The van der Waals surface area contributed by atoms with Crippen LogP contribution in [0.25, 0.3) is 0 Å². The summed E-state index contributed by atoms with van der Waals surface area (Å²) >= 11 is -1.87. The summed E-state index contributed by atoms with van der Waals surface area (Å²) in [5, 5.41) is 0. The molecule has 0 N–H and O–H groups in total. The molecule has 0 aromatic rings. The Hall–Kier alpha value is 0.799. The Bertz CT molecular complexity index is 174. The quantitative estimate of drug-likeness (QED) is 0.294. The number of hydrogen-bond donors (Lipinski definition) is 0. The van der Waals surface area contributed by atoms with E-state index >= 15 is 0 Å². The molecule has 0 bridgehead atoms. The van der Waals surface area contributed by atoms with Crippen LogP contribution in [-0.2, 0) is 0 Å². The Kier molecular flexibility index (Phi) is 13.1. The fourth-order valence-corrected chi connectivity index (χ4v) is 23.7. The Labute approximate surface area is 128 Å². The van der Waals surface area contributed by atoms with Crippen molar-refractivity contribution in [1.82, 2.24) is 0 Å². The van der Waals surface area contributed by atoms with Crippen LogP contribution in [0.4, 0.5) is 0 Å². The van der Waals surface area contributed by atoms with Crippen molar-refractivity contribution in [3.63, 3.8) is 0 Å². The van der Waals surface area contributed by atoms with E-state index in [9.17, 15) is 0 Å². The van der Waals surface area contributed by atoms with Crippen molar-refractivity contribution in [3.05, 3.63) is 0 Å². The Morgan fingerprint density at radius 2 is 1.05 bits per heavy atom. The van der Waals surface area contributed by atoms with Gasteiger partial charge in [-0.2, -0.15) is 0 Å². The average molecular weight is 375 g/mol. The van der Waals surface area contributed by atoms with Gasteiger partial charge in [-0.25, -0.2) is 0 Å². The molecule has 0 unspecified atom stereocenters. The normalized spacial score (nSPS) is 12.3. The Morgan fingerprint density at radius 3 is 1.37 bits per heavy atom. The van der Waals surface area contributed by atoms with Crippen molar-refractivity contribution in [2.24, 2.45) is 0 Å². The SMILES string of the molecule is CCC[CH2][Sn]([CH2]CC)([CH2]CCC)[CH](CCC)CCC. The van der Waals surface area contributed by atoms with Gasteiger partial charge in [0.2, 0.25) is 0 Å². The molecule has 0 radical (unpaired) electrons. The second kappa shape index (κ2) is 12.5. The van der Waals surface area contributed by atoms with Crippen LogP contribution < -0.4 is 0 Å². The van der Waals surface area contributed by atoms with Crippen molar-refractivity contribution < 1.29 is 0 Å². The average Bonchev–Trinajstić information content (AvgIpc) is 2.42. The molecule has 0 saturated heterocycles. The van der Waals surface area contributed by atoms with Gasteiger partial charge in [0, 0.05) is 0 Å². The van der Waals surface area contributed by atoms with Gasteiger partial charge >= 0.3 is 128 Å². The van der Waals surface area contributed by atoms with Crippen molar-refractivity contribution >= 4 is 18.4 Å². The molecule has 0 aliphatic rings. The van der Waals surface area contributed by atoms with Crippen LogP contribution in [0.1, 0.15) is 92.4 Å². The van der Waals surface area contributed by atoms with Crippen LogP contribution in [0, 0.1) is 0 Å². The van der Waals surface area contributed by atoms with Crippen molar-refractivity contribution in [2.75, 3.05) is 0 Å². The minimum atomic E-state index is -1.87. The molecule has 19 heavy (non-hydrogen) atoms. The summed E-state index contributed by atoms with van der Waals surface area (Å²) in [6, 6.07) is 0. The minimum absolute atomic E-state index is 1.20. The number of hydrogen-bond acceptors (Lipinski definition) is 0. The maximum absolute atomic E-state index is 2.44. The molecule has 116 valence electrons. The van der Waals surface area contributed by atoms with E-state index in [0.717, 1.165) is 0 Å². The van der Waals surface area contributed by atoms with Crippen LogP contribution in [0.3, 0.4) is 0 Å². The van der Waals surface area contributed by atoms with E-state index in [-0.39, 0.29) is 0 Å². The van der Waals surface area contributed by atoms with E-state index in [4.69, 9.17) is 0 Å². The summed E-state index contributed by atoms with van der Waals surface area (Å²) in [5.74, 6) is 0. The third-order valence-corrected chi connectivity index (χ3v) is 23.5. The molecule has 0 saturated carbocycles. The molecule has 0 aromatic carbocycles. The fraction of sp³-hybridized carbons (Fsp3) is 1.00. The fourth-order valence-electron chi connectivity index (χ4n) is 4.00. The zero-order valence-corrected chi connectivity index (χ0v) is 17.4. The predicted molar refractivity (Wildman–Crippen MR) is 93.8 cm³/mol. The molecule has 0 amide bonds. The molecule has 0 spiro atoms. The van der Waals surface area contributed by atoms with Crippen LogP contribution in [0.5, 0.6) is 0 Å². The maximum atomic E-state index is 2.44. The zero-order chi connectivity index (χ0) is 14.6. The molecule has 0 heterocycles. The monoisotopic (exact) mass is 376 g/mol. The summed E-state index contributed by atoms with van der Waals surface area (Å²) in [6.45, 7) is 12.0. The first-order valence-corrected chi connectivity index (χ1v) is 16.9. The van der Waals surface area contributed by atoms with Gasteiger partial charge in [-0.05, 0) is 0 Å². The van der Waals surface area contributed by atoms with Crippen LogP contribution >= 0.6 is 0 Å². The van der Waals surface area contributed by atoms with E-state index in [1.54, 1.807) is 26.2 Å². The van der Waals surface area contributed by atoms with Crippen LogP contribution in [0.15, 0.2) is 0 Å². The van der Waals surface area contributed by atoms with E-state index in [2.05, 4.69) is 34.6 Å². The Balaban J connectivity index is 4.96. The molecule has 0 fully saturated rings. The first kappa shape index (κ1) is 19.8. The number of rotatable bonds is 13. The molecule has 0 atom stereocenters. The first-order chi connectivity index (χ1) is 9.20. The van der Waals surface area contributed by atoms with Crippen molar-refractivity contribution in [2.45, 2.75) is 110 Å². The molecule has 0 rings (SSSR count). The van der Waals surface area contributed by atoms with Crippen molar-refractivity contribution in [3.8, 4) is 0 Å². The van der Waals surface area contributed by atoms with Gasteiger partial charge in [-0.1, -0.05) is 0 Å². The molecule has 0 aliphatic carbocycles. The van der Waals surface area contributed by atoms with Gasteiger partial charge in [0.25, 0.3) is 0 Å². The first-order valence-electron chi connectivity index (χ1n) is 9.20. The van der Waals surface area contributed by atoms with E-state index in [0.29, 0.717) is 0 Å². The summed E-state index contributed by atoms with van der Waals surface area (Å²) in [7, 11) is 0. The van der Waals surface area contributed by atoms with Gasteiger partial charge in [0.1, 0.15) is 0 Å². The second-order valence-electron chi connectivity index (χ2n) is 6.59. The topological polar surface area (TPSA) is 0 Å². The third-order valence-electron chi connectivity index (χ3n) is 4.94. The predicted octanol–water partition coefficient (Wildman–Crippen LogP) is 7.42. The summed E-state index contributed by atoms with van der Waals surface area (Å²) in [4.78, 5) is 0. The third kappa shape index (κ3) is 7.39. The van der Waals surface area contributed by atoms with Crippen LogP contribution in [0.2, 0.25) is 17.2 Å². The standard InChI is InChI=1S/C7H15.2C4H9.C3H7.Sn/c1-3-5-7-6-4-2;2*1-3-4-2;1-3-2;/h7H,3-6H2,1-2H3;2*1,3-4H2,2H3;1,3H2,2H3;. The van der Waals surface area contributed by atoms with E-state index < -0.39 is 18.4 Å². The summed E-state index contributed by atoms with van der Waals surface area (Å²) < 4.78 is 6.27. The van der Waals surface area contributed by atoms with Crippen molar-refractivity contribution in [1.29, 1.82) is 0 Å². The van der Waals surface area contributed by atoms with E-state index in [1.807, 2.05) is 0 Å². The number of unbranched alkanes of at least 4 members (excludes halogenated alkanes) is 2. The van der Waals surface area contributed by atoms with Gasteiger partial charge in [0.05, 0.1) is 0 Å². The van der Waals surface area contributed by atoms with Crippen LogP contribution in [-0.4, -0.2) is 18.4 Å². The molecule has 0 aliphatic heterocycles. The summed E-state index contributed by atoms with van der Waals surface area (Å²) in [5.41, 5.74) is 0. The molecular formula is C18H40Sn. The van der Waals surface area contributed by atoms with Gasteiger partial charge in [-0.15, -0.1) is 0 Å². The molecule has 0 aromatic heterocycles. The zero-order valence-electron chi connectivity index (χ0n) is 14.6.